The lowest BCUT2D eigenvalue weighted by atomic mass is 10.2. The Labute approximate surface area is 162 Å². The van der Waals surface area contributed by atoms with Crippen molar-refractivity contribution in [3.8, 4) is 5.75 Å². The second-order valence-electron chi connectivity index (χ2n) is 5.88. The highest BCUT2D eigenvalue weighted by atomic mass is 127. The van der Waals surface area contributed by atoms with Crippen molar-refractivity contribution in [3.05, 3.63) is 27.8 Å². The summed E-state index contributed by atoms with van der Waals surface area (Å²) in [5, 5.41) is 14.8. The molecule has 0 unspecified atom stereocenters. The average molecular weight is 463 g/mol. The van der Waals surface area contributed by atoms with Crippen molar-refractivity contribution in [2.45, 2.75) is 38.5 Å². The second-order valence-corrected chi connectivity index (χ2v) is 7.12. The van der Waals surface area contributed by atoms with Crippen LogP contribution >= 0.6 is 22.6 Å². The Kier molecular flexibility index (Phi) is 11.2. The van der Waals surface area contributed by atoms with E-state index in [-0.39, 0.29) is 0 Å². The predicted octanol–water partition coefficient (Wildman–Crippen LogP) is 3.48. The predicted molar refractivity (Wildman–Crippen MR) is 104 cm³/mol. The number of hydrogen-bond donors (Lipinski definition) is 2. The highest BCUT2D eigenvalue weighted by molar-refractivity contribution is 14.1. The van der Waals surface area contributed by atoms with Crippen LogP contribution in [0.3, 0.4) is 0 Å². The highest BCUT2D eigenvalue weighted by Gasteiger charge is 2.07. The normalized spacial score (nSPS) is 14.8. The monoisotopic (exact) mass is 463 g/mol. The third-order valence-electron chi connectivity index (χ3n) is 3.83. The van der Waals surface area contributed by atoms with Gasteiger partial charge in [-0.2, -0.15) is 0 Å². The lowest BCUT2D eigenvalue weighted by Gasteiger charge is -2.19. The van der Waals surface area contributed by atoms with Crippen LogP contribution in [0, 0.1) is 3.57 Å². The van der Waals surface area contributed by atoms with Crippen molar-refractivity contribution < 1.29 is 24.5 Å². The van der Waals surface area contributed by atoms with Crippen LogP contribution in [0.4, 0.5) is 0 Å². The summed E-state index contributed by atoms with van der Waals surface area (Å²) in [6.45, 7) is 4.69. The van der Waals surface area contributed by atoms with Crippen molar-refractivity contribution in [2.24, 2.45) is 0 Å². The van der Waals surface area contributed by atoms with E-state index in [1.165, 1.54) is 55.3 Å². The van der Waals surface area contributed by atoms with E-state index >= 15 is 0 Å². The smallest absolute Gasteiger partial charge is 0.414 e. The molecular weight excluding hydrogens is 437 g/mol. The molecule has 1 aromatic carbocycles. The van der Waals surface area contributed by atoms with Crippen molar-refractivity contribution >= 4 is 34.5 Å². The second kappa shape index (κ2) is 12.9. The van der Waals surface area contributed by atoms with Crippen molar-refractivity contribution in [3.63, 3.8) is 0 Å². The average Bonchev–Trinajstić information content (AvgIpc) is 2.85. The van der Waals surface area contributed by atoms with Gasteiger partial charge in [0, 0.05) is 3.57 Å². The number of halogens is 1. The standard InChI is InChI=1S/C16H24INO.C2H2O4/c17-15-7-9-16(10-8-15)19-14-6-5-13-18-11-3-1-2-4-12-18;3-1(4)2(5)6/h7-10H,1-6,11-14H2;(H,3,4)(H,5,6). The number of carboxylic acids is 2. The summed E-state index contributed by atoms with van der Waals surface area (Å²) in [4.78, 5) is 20.8. The molecule has 1 saturated heterocycles. The van der Waals surface area contributed by atoms with Gasteiger partial charge in [0.15, 0.2) is 0 Å². The van der Waals surface area contributed by atoms with Gasteiger partial charge in [0.25, 0.3) is 0 Å². The molecular formula is C18H26INO5. The SMILES string of the molecule is Ic1ccc(OCCCCN2CCCCCC2)cc1.O=C(O)C(=O)O. The lowest BCUT2D eigenvalue weighted by molar-refractivity contribution is -0.159. The largest absolute Gasteiger partial charge is 0.494 e. The maximum absolute atomic E-state index is 9.10. The van der Waals surface area contributed by atoms with Gasteiger partial charge in [-0.3, -0.25) is 0 Å². The van der Waals surface area contributed by atoms with Crippen LogP contribution in [0.2, 0.25) is 0 Å². The van der Waals surface area contributed by atoms with Crippen LogP contribution in [0.25, 0.3) is 0 Å². The number of carboxylic acid groups (broad SMARTS) is 2. The van der Waals surface area contributed by atoms with Crippen molar-refractivity contribution in [1.29, 1.82) is 0 Å². The first-order valence-electron chi connectivity index (χ1n) is 8.56. The Morgan fingerprint density at radius 3 is 2.04 bits per heavy atom. The van der Waals surface area contributed by atoms with E-state index < -0.39 is 11.9 Å². The molecule has 0 aromatic heterocycles. The first kappa shape index (κ1) is 21.7. The molecule has 0 atom stereocenters. The zero-order chi connectivity index (χ0) is 18.5. The zero-order valence-corrected chi connectivity index (χ0v) is 16.5. The Morgan fingerprint density at radius 2 is 1.52 bits per heavy atom. The van der Waals surface area contributed by atoms with E-state index in [1.807, 2.05) is 0 Å². The first-order valence-corrected chi connectivity index (χ1v) is 9.64. The quantitative estimate of drug-likeness (QED) is 0.382. The molecule has 1 aliphatic rings. The Bertz CT molecular complexity index is 501. The van der Waals surface area contributed by atoms with Gasteiger partial charge < -0.3 is 19.8 Å². The first-order chi connectivity index (χ1) is 12.0. The fourth-order valence-corrected chi connectivity index (χ4v) is 2.88. The van der Waals surface area contributed by atoms with Crippen LogP contribution < -0.4 is 4.74 Å². The minimum absolute atomic E-state index is 0.842. The van der Waals surface area contributed by atoms with Gasteiger partial charge in [-0.05, 0) is 92.2 Å². The number of nitrogens with zero attached hydrogens (tertiary/aromatic N) is 1. The molecule has 0 radical (unpaired) electrons. The van der Waals surface area contributed by atoms with Crippen LogP contribution in [0.5, 0.6) is 5.75 Å². The van der Waals surface area contributed by atoms with Gasteiger partial charge in [-0.1, -0.05) is 12.8 Å². The zero-order valence-electron chi connectivity index (χ0n) is 14.3. The Morgan fingerprint density at radius 1 is 0.960 bits per heavy atom. The minimum atomic E-state index is -1.82. The van der Waals surface area contributed by atoms with Crippen molar-refractivity contribution in [1.82, 2.24) is 4.90 Å². The molecule has 7 heteroatoms. The summed E-state index contributed by atoms with van der Waals surface area (Å²) in [5.74, 6) is -2.65. The van der Waals surface area contributed by atoms with Crippen LogP contribution in [0.1, 0.15) is 38.5 Å². The third-order valence-corrected chi connectivity index (χ3v) is 4.55. The Balaban J connectivity index is 0.000000450. The maximum atomic E-state index is 9.10. The number of hydrogen-bond acceptors (Lipinski definition) is 4. The minimum Gasteiger partial charge on any atom is -0.494 e. The van der Waals surface area contributed by atoms with Gasteiger partial charge in [0.1, 0.15) is 5.75 Å². The van der Waals surface area contributed by atoms with Gasteiger partial charge in [-0.15, -0.1) is 0 Å². The summed E-state index contributed by atoms with van der Waals surface area (Å²) < 4.78 is 7.01. The third kappa shape index (κ3) is 11.0. The molecule has 0 amide bonds. The maximum Gasteiger partial charge on any atom is 0.414 e. The summed E-state index contributed by atoms with van der Waals surface area (Å²) >= 11 is 2.31. The van der Waals surface area contributed by atoms with Gasteiger partial charge >= 0.3 is 11.9 Å². The summed E-state index contributed by atoms with van der Waals surface area (Å²) in [6.07, 6.45) is 8.03. The van der Waals surface area contributed by atoms with E-state index in [0.717, 1.165) is 18.8 Å². The summed E-state index contributed by atoms with van der Waals surface area (Å²) in [6, 6.07) is 8.29. The molecule has 2 rings (SSSR count). The summed E-state index contributed by atoms with van der Waals surface area (Å²) in [5.41, 5.74) is 0. The number of rotatable bonds is 6. The van der Waals surface area contributed by atoms with Crippen LogP contribution in [0.15, 0.2) is 24.3 Å². The van der Waals surface area contributed by atoms with E-state index in [2.05, 4.69) is 51.8 Å². The molecule has 1 fully saturated rings. The molecule has 2 N–H and O–H groups in total. The fraction of sp³-hybridized carbons (Fsp3) is 0.556. The van der Waals surface area contributed by atoms with Crippen LogP contribution in [-0.4, -0.2) is 53.3 Å². The Hall–Kier alpha value is -1.35. The number of aliphatic carboxylic acids is 2. The molecule has 6 nitrogen and oxygen atoms in total. The lowest BCUT2D eigenvalue weighted by Crippen LogP contribution is -2.25. The molecule has 0 saturated carbocycles. The van der Waals surface area contributed by atoms with Gasteiger partial charge in [-0.25, -0.2) is 9.59 Å². The van der Waals surface area contributed by atoms with E-state index in [0.29, 0.717) is 0 Å². The van der Waals surface area contributed by atoms with Crippen LogP contribution in [-0.2, 0) is 9.59 Å². The molecule has 1 heterocycles. The van der Waals surface area contributed by atoms with E-state index in [4.69, 9.17) is 24.5 Å². The number of carbonyl (C=O) groups is 2. The number of likely N-dealkylation sites (tertiary alicyclic amines) is 1. The van der Waals surface area contributed by atoms with Gasteiger partial charge in [0.2, 0.25) is 0 Å². The molecule has 0 bridgehead atoms. The molecule has 140 valence electrons. The molecule has 1 aliphatic heterocycles. The van der Waals surface area contributed by atoms with E-state index in [9.17, 15) is 0 Å². The molecule has 1 aromatic rings. The number of unbranched alkanes of at least 4 members (excludes halogenated alkanes) is 1. The topological polar surface area (TPSA) is 87.1 Å². The highest BCUT2D eigenvalue weighted by Crippen LogP contribution is 2.14. The molecule has 25 heavy (non-hydrogen) atoms. The van der Waals surface area contributed by atoms with Crippen molar-refractivity contribution in [2.75, 3.05) is 26.2 Å². The fourth-order valence-electron chi connectivity index (χ4n) is 2.52. The number of benzene rings is 1. The van der Waals surface area contributed by atoms with Gasteiger partial charge in [0.05, 0.1) is 6.61 Å². The molecule has 0 spiro atoms. The van der Waals surface area contributed by atoms with E-state index in [1.54, 1.807) is 0 Å². The molecule has 0 aliphatic carbocycles. The number of ether oxygens (including phenoxy) is 1. The summed E-state index contributed by atoms with van der Waals surface area (Å²) in [7, 11) is 0.